The molecule has 7 heteroatoms. The maximum Gasteiger partial charge on any atom is 0.271 e. The van der Waals surface area contributed by atoms with E-state index < -0.39 is 11.8 Å². The fourth-order valence-corrected chi connectivity index (χ4v) is 2.30. The van der Waals surface area contributed by atoms with Crippen molar-refractivity contribution >= 4 is 29.5 Å². The number of para-hydroxylation sites is 1. The lowest BCUT2D eigenvalue weighted by molar-refractivity contribution is -0.117. The average Bonchev–Trinajstić information content (AvgIpc) is 2.64. The van der Waals surface area contributed by atoms with Gasteiger partial charge in [-0.05, 0) is 24.3 Å². The van der Waals surface area contributed by atoms with Gasteiger partial charge >= 0.3 is 0 Å². The summed E-state index contributed by atoms with van der Waals surface area (Å²) in [6.45, 7) is 0. The van der Waals surface area contributed by atoms with Crippen molar-refractivity contribution in [3.8, 4) is 11.5 Å². The van der Waals surface area contributed by atoms with E-state index in [2.05, 4.69) is 10.9 Å². The van der Waals surface area contributed by atoms with Crippen molar-refractivity contribution in [1.29, 1.82) is 0 Å². The quantitative estimate of drug-likeness (QED) is 0.635. The fraction of sp³-hybridized carbons (Fsp3) is 0.111. The Morgan fingerprint density at radius 1 is 1.00 bits per heavy atom. The van der Waals surface area contributed by atoms with Gasteiger partial charge in [0.15, 0.2) is 11.5 Å². The summed E-state index contributed by atoms with van der Waals surface area (Å²) < 4.78 is 10.5. The SMILES string of the molecule is COc1cccc(/C=C/C(=O)NNC(=O)c2ccccc2Cl)c1OC. The van der Waals surface area contributed by atoms with Crippen LogP contribution in [0.25, 0.3) is 6.08 Å². The maximum absolute atomic E-state index is 12.0. The molecule has 2 aromatic rings. The van der Waals surface area contributed by atoms with Crippen LogP contribution in [-0.2, 0) is 4.79 Å². The molecule has 0 saturated heterocycles. The largest absolute Gasteiger partial charge is 0.493 e. The van der Waals surface area contributed by atoms with Crippen molar-refractivity contribution in [3.05, 3.63) is 64.7 Å². The second-order valence-corrected chi connectivity index (χ2v) is 5.25. The average molecular weight is 361 g/mol. The van der Waals surface area contributed by atoms with Gasteiger partial charge < -0.3 is 9.47 Å². The summed E-state index contributed by atoms with van der Waals surface area (Å²) in [6.07, 6.45) is 2.82. The summed E-state index contributed by atoms with van der Waals surface area (Å²) in [5, 5.41) is 0.297. The van der Waals surface area contributed by atoms with Crippen molar-refractivity contribution in [2.75, 3.05) is 14.2 Å². The van der Waals surface area contributed by atoms with Crippen LogP contribution in [-0.4, -0.2) is 26.0 Å². The third-order valence-electron chi connectivity index (χ3n) is 3.27. The molecule has 2 N–H and O–H groups in total. The van der Waals surface area contributed by atoms with Crippen LogP contribution in [0.15, 0.2) is 48.5 Å². The Morgan fingerprint density at radius 2 is 1.76 bits per heavy atom. The number of ether oxygens (including phenoxy) is 2. The van der Waals surface area contributed by atoms with Crippen LogP contribution in [0.1, 0.15) is 15.9 Å². The lowest BCUT2D eigenvalue weighted by Gasteiger charge is -2.10. The first kappa shape index (κ1) is 18.4. The molecule has 2 rings (SSSR count). The summed E-state index contributed by atoms with van der Waals surface area (Å²) in [5.41, 5.74) is 5.51. The lowest BCUT2D eigenvalue weighted by Crippen LogP contribution is -2.40. The zero-order chi connectivity index (χ0) is 18.2. The molecule has 0 radical (unpaired) electrons. The minimum absolute atomic E-state index is 0.267. The number of halogens is 1. The van der Waals surface area contributed by atoms with Crippen LogP contribution in [0.3, 0.4) is 0 Å². The molecule has 0 aliphatic carbocycles. The second kappa shape index (κ2) is 8.75. The van der Waals surface area contributed by atoms with E-state index in [9.17, 15) is 9.59 Å². The zero-order valence-corrected chi connectivity index (χ0v) is 14.5. The molecule has 2 aromatic carbocycles. The van der Waals surface area contributed by atoms with E-state index in [1.165, 1.54) is 20.3 Å². The molecule has 0 bridgehead atoms. The maximum atomic E-state index is 12.0. The molecule has 0 fully saturated rings. The van der Waals surface area contributed by atoms with Crippen LogP contribution in [0.4, 0.5) is 0 Å². The number of hydrogen-bond donors (Lipinski definition) is 2. The van der Waals surface area contributed by atoms with Crippen LogP contribution in [0, 0.1) is 0 Å². The van der Waals surface area contributed by atoms with E-state index in [0.717, 1.165) is 0 Å². The number of nitrogens with one attached hydrogen (secondary N) is 2. The highest BCUT2D eigenvalue weighted by atomic mass is 35.5. The molecule has 0 unspecified atom stereocenters. The van der Waals surface area contributed by atoms with Gasteiger partial charge in [-0.1, -0.05) is 35.9 Å². The Morgan fingerprint density at radius 3 is 2.44 bits per heavy atom. The molecular weight excluding hydrogens is 344 g/mol. The van der Waals surface area contributed by atoms with Crippen LogP contribution in [0.5, 0.6) is 11.5 Å². The van der Waals surface area contributed by atoms with E-state index in [0.29, 0.717) is 22.1 Å². The minimum atomic E-state index is -0.509. The van der Waals surface area contributed by atoms with Crippen molar-refractivity contribution in [3.63, 3.8) is 0 Å². The van der Waals surface area contributed by atoms with Gasteiger partial charge in [0, 0.05) is 11.6 Å². The van der Waals surface area contributed by atoms with E-state index in [1.807, 2.05) is 0 Å². The predicted molar refractivity (Wildman–Crippen MR) is 95.6 cm³/mol. The highest BCUT2D eigenvalue weighted by Crippen LogP contribution is 2.31. The summed E-state index contributed by atoms with van der Waals surface area (Å²) in [5.74, 6) is 0.0443. The summed E-state index contributed by atoms with van der Waals surface area (Å²) in [7, 11) is 3.04. The summed E-state index contributed by atoms with van der Waals surface area (Å²) in [6, 6.07) is 11.8. The fourth-order valence-electron chi connectivity index (χ4n) is 2.08. The number of benzene rings is 2. The van der Waals surface area contributed by atoms with Crippen LogP contribution in [0.2, 0.25) is 5.02 Å². The smallest absolute Gasteiger partial charge is 0.271 e. The summed E-state index contributed by atoms with van der Waals surface area (Å²) in [4.78, 5) is 23.8. The van der Waals surface area contributed by atoms with Crippen molar-refractivity contribution in [1.82, 2.24) is 10.9 Å². The van der Waals surface area contributed by atoms with Gasteiger partial charge in [-0.2, -0.15) is 0 Å². The summed E-state index contributed by atoms with van der Waals surface area (Å²) >= 11 is 5.92. The molecule has 0 atom stereocenters. The molecule has 0 heterocycles. The number of hydrazine groups is 1. The number of hydrogen-bond acceptors (Lipinski definition) is 4. The number of carbonyl (C=O) groups is 2. The molecule has 0 aliphatic heterocycles. The van der Waals surface area contributed by atoms with Gasteiger partial charge in [0.25, 0.3) is 11.8 Å². The second-order valence-electron chi connectivity index (χ2n) is 4.84. The standard InChI is InChI=1S/C18H17ClN2O4/c1-24-15-9-5-6-12(17(15)25-2)10-11-16(22)20-21-18(23)13-7-3-4-8-14(13)19/h3-11H,1-2H3,(H,20,22)(H,21,23)/b11-10+. The van der Waals surface area contributed by atoms with Gasteiger partial charge in [-0.15, -0.1) is 0 Å². The van der Waals surface area contributed by atoms with Gasteiger partial charge in [0.05, 0.1) is 24.8 Å². The number of carbonyl (C=O) groups excluding carboxylic acids is 2. The van der Waals surface area contributed by atoms with Crippen molar-refractivity contribution in [2.45, 2.75) is 0 Å². The molecule has 0 aliphatic rings. The first-order valence-electron chi connectivity index (χ1n) is 7.30. The molecule has 2 amide bonds. The molecule has 25 heavy (non-hydrogen) atoms. The Labute approximate surface area is 150 Å². The first-order valence-corrected chi connectivity index (χ1v) is 7.68. The Bertz CT molecular complexity index is 805. The van der Waals surface area contributed by atoms with E-state index in [-0.39, 0.29) is 5.56 Å². The monoisotopic (exact) mass is 360 g/mol. The van der Waals surface area contributed by atoms with Crippen LogP contribution < -0.4 is 20.3 Å². The Kier molecular flexibility index (Phi) is 6.42. The van der Waals surface area contributed by atoms with Crippen molar-refractivity contribution < 1.29 is 19.1 Å². The van der Waals surface area contributed by atoms with Crippen molar-refractivity contribution in [2.24, 2.45) is 0 Å². The van der Waals surface area contributed by atoms with E-state index in [1.54, 1.807) is 48.5 Å². The number of rotatable bonds is 5. The predicted octanol–water partition coefficient (Wildman–Crippen LogP) is 2.83. The Balaban J connectivity index is 2.00. The normalized spacial score (nSPS) is 10.4. The molecule has 6 nitrogen and oxygen atoms in total. The minimum Gasteiger partial charge on any atom is -0.493 e. The van der Waals surface area contributed by atoms with E-state index >= 15 is 0 Å². The first-order chi connectivity index (χ1) is 12.1. The molecular formula is C18H17ClN2O4. The molecule has 0 spiro atoms. The molecule has 0 saturated carbocycles. The topological polar surface area (TPSA) is 76.7 Å². The lowest BCUT2D eigenvalue weighted by atomic mass is 10.1. The van der Waals surface area contributed by atoms with Gasteiger partial charge in [0.1, 0.15) is 0 Å². The number of amides is 2. The Hall–Kier alpha value is -2.99. The van der Waals surface area contributed by atoms with Gasteiger partial charge in [-0.25, -0.2) is 0 Å². The highest BCUT2D eigenvalue weighted by Gasteiger charge is 2.10. The van der Waals surface area contributed by atoms with E-state index in [4.69, 9.17) is 21.1 Å². The zero-order valence-electron chi connectivity index (χ0n) is 13.7. The third kappa shape index (κ3) is 4.74. The van der Waals surface area contributed by atoms with Gasteiger partial charge in [-0.3, -0.25) is 20.4 Å². The molecule has 0 aromatic heterocycles. The highest BCUT2D eigenvalue weighted by molar-refractivity contribution is 6.33. The molecule has 130 valence electrons. The number of methoxy groups -OCH3 is 2. The van der Waals surface area contributed by atoms with Gasteiger partial charge in [0.2, 0.25) is 0 Å². The third-order valence-corrected chi connectivity index (χ3v) is 3.59. The van der Waals surface area contributed by atoms with Crippen LogP contribution >= 0.6 is 11.6 Å².